The molecule has 0 unspecified atom stereocenters. The third-order valence-electron chi connectivity index (χ3n) is 3.98. The van der Waals surface area contributed by atoms with E-state index in [4.69, 9.17) is 9.78 Å². The molecule has 0 bridgehead atoms. The Kier molecular flexibility index (Phi) is 5.69. The van der Waals surface area contributed by atoms with Crippen LogP contribution in [-0.2, 0) is 21.0 Å². The quantitative estimate of drug-likeness (QED) is 0.347. The molecular formula is C22H22O2. The third-order valence-corrected chi connectivity index (χ3v) is 3.98. The molecule has 0 fully saturated rings. The lowest BCUT2D eigenvalue weighted by atomic mass is 9.93. The largest absolute Gasteiger partial charge is 0.215 e. The Balaban J connectivity index is 2.37. The molecule has 122 valence electrons. The van der Waals surface area contributed by atoms with E-state index in [1.807, 2.05) is 60.7 Å². The molecule has 0 spiro atoms. The Morgan fingerprint density at radius 1 is 0.542 bits per heavy atom. The van der Waals surface area contributed by atoms with Crippen molar-refractivity contribution in [2.24, 2.45) is 0 Å². The Morgan fingerprint density at radius 3 is 1.08 bits per heavy atom. The van der Waals surface area contributed by atoms with Crippen LogP contribution in [0, 0.1) is 0 Å². The fourth-order valence-corrected chi connectivity index (χ4v) is 2.41. The maximum Gasteiger partial charge on any atom is 0.164 e. The molecule has 0 aromatic heterocycles. The smallest absolute Gasteiger partial charge is 0.164 e. The summed E-state index contributed by atoms with van der Waals surface area (Å²) in [6.45, 7) is 15.5. The van der Waals surface area contributed by atoms with Crippen LogP contribution >= 0.6 is 0 Å². The molecule has 2 nitrogen and oxygen atoms in total. The van der Waals surface area contributed by atoms with E-state index >= 15 is 0 Å². The summed E-state index contributed by atoms with van der Waals surface area (Å²) in [6, 6.07) is 19.3. The highest BCUT2D eigenvalue weighted by Gasteiger charge is 2.34. The molecule has 0 aliphatic rings. The van der Waals surface area contributed by atoms with Gasteiger partial charge in [0.15, 0.2) is 11.2 Å². The van der Waals surface area contributed by atoms with Crippen molar-refractivity contribution in [3.63, 3.8) is 0 Å². The molecule has 0 heterocycles. The molecule has 24 heavy (non-hydrogen) atoms. The summed E-state index contributed by atoms with van der Waals surface area (Å²) in [5.74, 6) is 0. The summed E-state index contributed by atoms with van der Waals surface area (Å²) in [4.78, 5) is 11.7. The van der Waals surface area contributed by atoms with E-state index in [0.717, 1.165) is 11.1 Å². The molecule has 0 amide bonds. The Labute approximate surface area is 144 Å². The van der Waals surface area contributed by atoms with E-state index in [9.17, 15) is 0 Å². The van der Waals surface area contributed by atoms with Crippen molar-refractivity contribution in [2.45, 2.75) is 11.2 Å². The summed E-state index contributed by atoms with van der Waals surface area (Å²) in [5, 5.41) is 0. The first kappa shape index (κ1) is 17.7. The second-order valence-electron chi connectivity index (χ2n) is 5.30. The molecule has 2 heteroatoms. The first-order valence-electron chi connectivity index (χ1n) is 7.68. The Bertz CT molecular complexity index is 622. The summed E-state index contributed by atoms with van der Waals surface area (Å²) in [6.07, 6.45) is 6.60. The van der Waals surface area contributed by atoms with Crippen molar-refractivity contribution in [1.29, 1.82) is 0 Å². The molecule has 2 aromatic rings. The van der Waals surface area contributed by atoms with Gasteiger partial charge in [0, 0.05) is 0 Å². The van der Waals surface area contributed by atoms with E-state index in [0.29, 0.717) is 0 Å². The number of hydrogen-bond donors (Lipinski definition) is 0. The van der Waals surface area contributed by atoms with Crippen LogP contribution in [0.1, 0.15) is 11.1 Å². The fraction of sp³-hybridized carbons (Fsp3) is 0.0909. The maximum atomic E-state index is 5.84. The van der Waals surface area contributed by atoms with Crippen LogP contribution in [0.5, 0.6) is 0 Å². The van der Waals surface area contributed by atoms with Crippen molar-refractivity contribution in [2.75, 3.05) is 0 Å². The molecule has 0 saturated heterocycles. The summed E-state index contributed by atoms with van der Waals surface area (Å²) >= 11 is 0. The van der Waals surface area contributed by atoms with Gasteiger partial charge in [0.1, 0.15) is 0 Å². The molecule has 0 N–H and O–H groups in total. The standard InChI is InChI=1S/C22H22O2/c1-5-21(6-2,19-15-11-9-12-16-19)23-24-22(7-3,8-4)20-17-13-10-14-18-20/h5-18H,1-4H2. The zero-order valence-electron chi connectivity index (χ0n) is 13.7. The van der Waals surface area contributed by atoms with Gasteiger partial charge in [-0.2, -0.15) is 0 Å². The summed E-state index contributed by atoms with van der Waals surface area (Å²) in [7, 11) is 0. The third kappa shape index (κ3) is 3.30. The number of hydrogen-bond acceptors (Lipinski definition) is 2. The molecule has 0 aliphatic carbocycles. The summed E-state index contributed by atoms with van der Waals surface area (Å²) in [5.41, 5.74) is -0.226. The van der Waals surface area contributed by atoms with Gasteiger partial charge in [-0.25, -0.2) is 9.78 Å². The zero-order valence-corrected chi connectivity index (χ0v) is 13.7. The average Bonchev–Trinajstić information content (AvgIpc) is 2.68. The maximum absolute atomic E-state index is 5.84. The van der Waals surface area contributed by atoms with Gasteiger partial charge in [0.2, 0.25) is 0 Å². The number of rotatable bonds is 9. The predicted octanol–water partition coefficient (Wildman–Crippen LogP) is 5.47. The lowest BCUT2D eigenvalue weighted by Gasteiger charge is -2.33. The average molecular weight is 318 g/mol. The Hall–Kier alpha value is -2.68. The van der Waals surface area contributed by atoms with Crippen LogP contribution in [-0.4, -0.2) is 0 Å². The number of benzene rings is 2. The van der Waals surface area contributed by atoms with Gasteiger partial charge in [-0.3, -0.25) is 0 Å². The first-order chi connectivity index (χ1) is 11.7. The lowest BCUT2D eigenvalue weighted by Crippen LogP contribution is -2.32. The van der Waals surface area contributed by atoms with Crippen molar-refractivity contribution in [3.05, 3.63) is 122 Å². The van der Waals surface area contributed by atoms with Gasteiger partial charge < -0.3 is 0 Å². The van der Waals surface area contributed by atoms with Crippen molar-refractivity contribution in [3.8, 4) is 0 Å². The van der Waals surface area contributed by atoms with Crippen molar-refractivity contribution in [1.82, 2.24) is 0 Å². The normalized spacial score (nSPS) is 11.5. The molecule has 0 atom stereocenters. The highest BCUT2D eigenvalue weighted by atomic mass is 17.2. The van der Waals surface area contributed by atoms with Crippen molar-refractivity contribution >= 4 is 0 Å². The summed E-state index contributed by atoms with van der Waals surface area (Å²) < 4.78 is 0. The van der Waals surface area contributed by atoms with Gasteiger partial charge in [-0.05, 0) is 35.4 Å². The SMILES string of the molecule is C=CC(C=C)(OOC(C=C)(C=C)c1ccccc1)c1ccccc1. The monoisotopic (exact) mass is 318 g/mol. The van der Waals surface area contributed by atoms with Gasteiger partial charge in [-0.15, -0.1) is 0 Å². The molecular weight excluding hydrogens is 296 g/mol. The van der Waals surface area contributed by atoms with Crippen LogP contribution in [0.2, 0.25) is 0 Å². The Morgan fingerprint density at radius 2 is 0.833 bits per heavy atom. The molecule has 2 aromatic carbocycles. The van der Waals surface area contributed by atoms with Crippen LogP contribution < -0.4 is 0 Å². The van der Waals surface area contributed by atoms with E-state index < -0.39 is 11.2 Å². The van der Waals surface area contributed by atoms with Gasteiger partial charge >= 0.3 is 0 Å². The lowest BCUT2D eigenvalue weighted by molar-refractivity contribution is -0.381. The predicted molar refractivity (Wildman–Crippen MR) is 99.2 cm³/mol. The minimum atomic E-state index is -0.979. The van der Waals surface area contributed by atoms with E-state index in [-0.39, 0.29) is 0 Å². The second-order valence-corrected chi connectivity index (χ2v) is 5.30. The minimum Gasteiger partial charge on any atom is -0.215 e. The van der Waals surface area contributed by atoms with Gasteiger partial charge in [0.05, 0.1) is 0 Å². The second kappa shape index (κ2) is 7.73. The van der Waals surface area contributed by atoms with E-state index in [1.54, 1.807) is 24.3 Å². The van der Waals surface area contributed by atoms with Gasteiger partial charge in [0.25, 0.3) is 0 Å². The van der Waals surface area contributed by atoms with Crippen molar-refractivity contribution < 1.29 is 9.78 Å². The molecule has 0 aliphatic heterocycles. The highest BCUT2D eigenvalue weighted by molar-refractivity contribution is 5.33. The van der Waals surface area contributed by atoms with Gasteiger partial charge in [-0.1, -0.05) is 87.0 Å². The minimum absolute atomic E-state index is 0.866. The fourth-order valence-electron chi connectivity index (χ4n) is 2.41. The van der Waals surface area contributed by atoms with E-state index in [1.165, 1.54) is 0 Å². The zero-order chi connectivity index (χ0) is 17.5. The van der Waals surface area contributed by atoms with Crippen LogP contribution in [0.25, 0.3) is 0 Å². The molecule has 0 saturated carbocycles. The highest BCUT2D eigenvalue weighted by Crippen LogP contribution is 2.35. The first-order valence-corrected chi connectivity index (χ1v) is 7.68. The topological polar surface area (TPSA) is 18.5 Å². The van der Waals surface area contributed by atoms with E-state index in [2.05, 4.69) is 26.3 Å². The van der Waals surface area contributed by atoms with Crippen LogP contribution in [0.15, 0.2) is 111 Å². The van der Waals surface area contributed by atoms with Crippen LogP contribution in [0.3, 0.4) is 0 Å². The molecule has 2 rings (SSSR count). The van der Waals surface area contributed by atoms with Crippen LogP contribution in [0.4, 0.5) is 0 Å². The molecule has 0 radical (unpaired) electrons.